The highest BCUT2D eigenvalue weighted by molar-refractivity contribution is 6.14. The van der Waals surface area contributed by atoms with Gasteiger partial charge in [0.05, 0.1) is 5.69 Å². The van der Waals surface area contributed by atoms with Gasteiger partial charge in [-0.1, -0.05) is 152 Å². The second kappa shape index (κ2) is 13.2. The van der Waals surface area contributed by atoms with Gasteiger partial charge in [-0.05, 0) is 121 Å². The fourth-order valence-electron chi connectivity index (χ4n) is 8.51. The predicted octanol–water partition coefficient (Wildman–Crippen LogP) is 15.5. The molecule has 0 bridgehead atoms. The van der Waals surface area contributed by atoms with E-state index in [4.69, 9.17) is 4.42 Å². The maximum absolute atomic E-state index is 6.35. The van der Waals surface area contributed by atoms with Gasteiger partial charge in [0.2, 0.25) is 0 Å². The Labute approximate surface area is 325 Å². The Morgan fingerprint density at radius 3 is 1.61 bits per heavy atom. The molecule has 2 heteroatoms. The Bertz CT molecular complexity index is 3240. The van der Waals surface area contributed by atoms with Crippen molar-refractivity contribution in [1.29, 1.82) is 0 Å². The van der Waals surface area contributed by atoms with Crippen LogP contribution in [0.2, 0.25) is 0 Å². The maximum atomic E-state index is 6.35. The molecule has 11 aromatic rings. The molecule has 56 heavy (non-hydrogen) atoms. The van der Waals surface area contributed by atoms with E-state index < -0.39 is 0 Å². The summed E-state index contributed by atoms with van der Waals surface area (Å²) in [6, 6.07) is 76.5. The lowest BCUT2D eigenvalue weighted by atomic mass is 9.96. The third-order valence-electron chi connectivity index (χ3n) is 11.2. The zero-order chi connectivity index (χ0) is 37.0. The first kappa shape index (κ1) is 32.0. The van der Waals surface area contributed by atoms with Crippen LogP contribution >= 0.6 is 0 Å². The average molecular weight is 714 g/mol. The van der Waals surface area contributed by atoms with E-state index in [0.717, 1.165) is 44.6 Å². The van der Waals surface area contributed by atoms with Crippen LogP contribution in [0.15, 0.2) is 217 Å². The van der Waals surface area contributed by atoms with Gasteiger partial charge in [-0.2, -0.15) is 0 Å². The van der Waals surface area contributed by atoms with Gasteiger partial charge in [0.25, 0.3) is 0 Å². The highest BCUT2D eigenvalue weighted by Gasteiger charge is 2.18. The Kier molecular flexibility index (Phi) is 7.53. The van der Waals surface area contributed by atoms with Gasteiger partial charge in [0, 0.05) is 27.5 Å². The second-order valence-corrected chi connectivity index (χ2v) is 14.5. The van der Waals surface area contributed by atoms with E-state index in [1.54, 1.807) is 0 Å². The van der Waals surface area contributed by atoms with E-state index in [2.05, 4.69) is 217 Å². The molecule has 1 aromatic heterocycles. The summed E-state index contributed by atoms with van der Waals surface area (Å²) in [5, 5.41) is 9.70. The molecule has 10 aromatic carbocycles. The number of para-hydroxylation sites is 1. The Morgan fingerprint density at radius 1 is 0.286 bits per heavy atom. The molecule has 0 saturated carbocycles. The van der Waals surface area contributed by atoms with Gasteiger partial charge in [-0.3, -0.25) is 0 Å². The highest BCUT2D eigenvalue weighted by atomic mass is 16.3. The van der Waals surface area contributed by atoms with Crippen LogP contribution in [0.4, 0.5) is 17.1 Å². The van der Waals surface area contributed by atoms with Crippen LogP contribution in [0.5, 0.6) is 0 Å². The number of anilines is 3. The Morgan fingerprint density at radius 2 is 0.821 bits per heavy atom. The van der Waals surface area contributed by atoms with E-state index in [1.165, 1.54) is 60.1 Å². The van der Waals surface area contributed by atoms with Crippen molar-refractivity contribution in [2.24, 2.45) is 0 Å². The molecular weight excluding hydrogens is 679 g/mol. The molecule has 0 radical (unpaired) electrons. The number of fused-ring (bicyclic) bond motifs is 7. The van der Waals surface area contributed by atoms with E-state index in [9.17, 15) is 0 Å². The van der Waals surface area contributed by atoms with Crippen molar-refractivity contribution in [3.63, 3.8) is 0 Å². The lowest BCUT2D eigenvalue weighted by Crippen LogP contribution is -2.10. The summed E-state index contributed by atoms with van der Waals surface area (Å²) in [5.41, 5.74) is 12.3. The smallest absolute Gasteiger partial charge is 0.135 e. The summed E-state index contributed by atoms with van der Waals surface area (Å²) >= 11 is 0. The summed E-state index contributed by atoms with van der Waals surface area (Å²) in [6.45, 7) is 0. The minimum absolute atomic E-state index is 0.896. The molecule has 0 N–H and O–H groups in total. The molecule has 0 fully saturated rings. The van der Waals surface area contributed by atoms with Crippen molar-refractivity contribution in [2.45, 2.75) is 0 Å². The molecule has 0 atom stereocenters. The summed E-state index contributed by atoms with van der Waals surface area (Å²) in [6.07, 6.45) is 0. The third-order valence-corrected chi connectivity index (χ3v) is 11.2. The Hall–Kier alpha value is -7.42. The molecule has 2 nitrogen and oxygen atoms in total. The minimum atomic E-state index is 0.896. The van der Waals surface area contributed by atoms with Crippen molar-refractivity contribution in [1.82, 2.24) is 0 Å². The number of hydrogen-bond acceptors (Lipinski definition) is 2. The maximum Gasteiger partial charge on any atom is 0.135 e. The molecule has 0 aliphatic heterocycles. The fraction of sp³-hybridized carbons (Fsp3) is 0. The number of nitrogens with zero attached hydrogens (tertiary/aromatic N) is 1. The molecule has 0 saturated heterocycles. The number of rotatable bonds is 6. The van der Waals surface area contributed by atoms with Gasteiger partial charge in [0.1, 0.15) is 11.2 Å². The van der Waals surface area contributed by atoms with Crippen LogP contribution in [-0.2, 0) is 0 Å². The molecule has 0 aliphatic carbocycles. The molecule has 11 rings (SSSR count). The lowest BCUT2D eigenvalue weighted by Gasteiger charge is -2.27. The summed E-state index contributed by atoms with van der Waals surface area (Å²) < 4.78 is 6.35. The minimum Gasteiger partial charge on any atom is -0.456 e. The highest BCUT2D eigenvalue weighted by Crippen LogP contribution is 2.43. The predicted molar refractivity (Wildman–Crippen MR) is 237 cm³/mol. The average Bonchev–Trinajstić information content (AvgIpc) is 3.64. The van der Waals surface area contributed by atoms with Crippen LogP contribution in [0.1, 0.15) is 0 Å². The summed E-state index contributed by atoms with van der Waals surface area (Å²) in [7, 11) is 0. The van der Waals surface area contributed by atoms with E-state index in [1.807, 2.05) is 0 Å². The van der Waals surface area contributed by atoms with Crippen molar-refractivity contribution in [3.05, 3.63) is 212 Å². The van der Waals surface area contributed by atoms with Crippen LogP contribution < -0.4 is 4.90 Å². The van der Waals surface area contributed by atoms with E-state index in [-0.39, 0.29) is 0 Å². The fourth-order valence-corrected chi connectivity index (χ4v) is 8.51. The van der Waals surface area contributed by atoms with E-state index >= 15 is 0 Å². The first-order chi connectivity index (χ1) is 27.7. The first-order valence-electron chi connectivity index (χ1n) is 19.2. The van der Waals surface area contributed by atoms with Crippen LogP contribution in [0, 0.1) is 0 Å². The van der Waals surface area contributed by atoms with Gasteiger partial charge < -0.3 is 9.32 Å². The molecule has 262 valence electrons. The lowest BCUT2D eigenvalue weighted by molar-refractivity contribution is 0.669. The van der Waals surface area contributed by atoms with Gasteiger partial charge >= 0.3 is 0 Å². The molecule has 0 unspecified atom stereocenters. The molecule has 1 heterocycles. The number of benzene rings is 10. The molecule has 0 spiro atoms. The van der Waals surface area contributed by atoms with Gasteiger partial charge in [0.15, 0.2) is 0 Å². The van der Waals surface area contributed by atoms with Gasteiger partial charge in [-0.25, -0.2) is 0 Å². The van der Waals surface area contributed by atoms with Crippen molar-refractivity contribution in [2.75, 3.05) is 4.90 Å². The first-order valence-corrected chi connectivity index (χ1v) is 19.2. The van der Waals surface area contributed by atoms with Crippen LogP contribution in [0.3, 0.4) is 0 Å². The number of hydrogen-bond donors (Lipinski definition) is 0. The summed E-state index contributed by atoms with van der Waals surface area (Å²) in [5.74, 6) is 0. The van der Waals surface area contributed by atoms with Crippen LogP contribution in [0.25, 0.3) is 87.6 Å². The van der Waals surface area contributed by atoms with Gasteiger partial charge in [-0.15, -0.1) is 0 Å². The zero-order valence-electron chi connectivity index (χ0n) is 30.6. The third kappa shape index (κ3) is 5.42. The second-order valence-electron chi connectivity index (χ2n) is 14.5. The zero-order valence-corrected chi connectivity index (χ0v) is 30.6. The normalized spacial score (nSPS) is 11.6. The number of furan rings is 1. The SMILES string of the molecule is c1ccc(N(c2ccc(-c3cccc(-c4ccc5oc6ccc(-c7cccc8ccccc78)cc6c5c4)c3)cc2)c2cc3ccccc3c3ccccc23)cc1. The van der Waals surface area contributed by atoms with Crippen molar-refractivity contribution >= 4 is 71.3 Å². The van der Waals surface area contributed by atoms with Crippen LogP contribution in [-0.4, -0.2) is 0 Å². The summed E-state index contributed by atoms with van der Waals surface area (Å²) in [4.78, 5) is 2.38. The molecular formula is C54H35NO. The standard InChI is InChI=1S/C54H35NO/c1-2-17-43(18-3-1)55(52-35-41-13-5-7-20-47(41)48-21-8-9-22-49(48)52)44-28-24-36(25-29-44)38-15-10-16-39(32-38)40-26-30-53-50(33-40)51-34-42(27-31-54(51)56-53)46-23-11-14-37-12-4-6-19-45(37)46/h1-35H. The quantitative estimate of drug-likeness (QED) is 0.160. The largest absolute Gasteiger partial charge is 0.456 e. The van der Waals surface area contributed by atoms with E-state index in [0.29, 0.717) is 0 Å². The van der Waals surface area contributed by atoms with Crippen molar-refractivity contribution in [3.8, 4) is 33.4 Å². The topological polar surface area (TPSA) is 16.4 Å². The molecule has 0 aliphatic rings. The Balaban J connectivity index is 0.967. The molecule has 0 amide bonds. The monoisotopic (exact) mass is 713 g/mol. The van der Waals surface area contributed by atoms with Crippen molar-refractivity contribution < 1.29 is 4.42 Å².